The highest BCUT2D eigenvalue weighted by molar-refractivity contribution is 7.95. The highest BCUT2D eigenvalue weighted by Gasteiger charge is 2.61. The molecule has 1 aromatic rings. The van der Waals surface area contributed by atoms with Gasteiger partial charge in [0.2, 0.25) is 9.84 Å². The third kappa shape index (κ3) is 2.88. The molecule has 28 heavy (non-hydrogen) atoms. The molecule has 0 saturated heterocycles. The zero-order valence-corrected chi connectivity index (χ0v) is 19.7. The quantitative estimate of drug-likeness (QED) is 0.556. The average molecular weight is 419 g/mol. The van der Waals surface area contributed by atoms with Crippen LogP contribution in [0.15, 0.2) is 45.7 Å². The van der Waals surface area contributed by atoms with Crippen LogP contribution in [0.25, 0.3) is 0 Å². The molecular weight excluding hydrogens is 384 g/mol. The van der Waals surface area contributed by atoms with Gasteiger partial charge in [-0.2, -0.15) is 0 Å². The second-order valence-electron chi connectivity index (χ2n) is 10.4. The molecule has 1 spiro atoms. The Hall–Kier alpha value is -0.913. The first kappa shape index (κ1) is 20.4. The number of benzene rings is 1. The van der Waals surface area contributed by atoms with E-state index in [-0.39, 0.29) is 16.6 Å². The van der Waals surface area contributed by atoms with Gasteiger partial charge in [0.05, 0.1) is 11.0 Å². The maximum absolute atomic E-state index is 13.4. The highest BCUT2D eigenvalue weighted by Crippen LogP contribution is 2.66. The summed E-state index contributed by atoms with van der Waals surface area (Å²) < 4.78 is 33.8. The number of hydrogen-bond donors (Lipinski definition) is 0. The lowest BCUT2D eigenvalue weighted by molar-refractivity contribution is 0.0751. The molecule has 0 unspecified atom stereocenters. The molecule has 154 valence electrons. The molecule has 5 heteroatoms. The minimum Gasteiger partial charge on any atom is -0.413 e. The summed E-state index contributed by atoms with van der Waals surface area (Å²) in [7, 11) is -5.30. The van der Waals surface area contributed by atoms with Crippen LogP contribution >= 0.6 is 0 Å². The van der Waals surface area contributed by atoms with Crippen molar-refractivity contribution in [2.24, 2.45) is 11.3 Å². The molecule has 4 rings (SSSR count). The van der Waals surface area contributed by atoms with Crippen LogP contribution in [-0.4, -0.2) is 22.8 Å². The van der Waals surface area contributed by atoms with Crippen LogP contribution in [0.3, 0.4) is 0 Å². The molecule has 0 heterocycles. The first-order chi connectivity index (χ1) is 13.0. The van der Waals surface area contributed by atoms with Gasteiger partial charge in [-0.3, -0.25) is 0 Å². The minimum absolute atomic E-state index is 0.0211. The normalized spacial score (nSPS) is 30.6. The number of allylic oxidation sites excluding steroid dienone is 1. The van der Waals surface area contributed by atoms with Crippen molar-refractivity contribution < 1.29 is 12.8 Å². The predicted molar refractivity (Wildman–Crippen MR) is 116 cm³/mol. The van der Waals surface area contributed by atoms with Gasteiger partial charge < -0.3 is 4.43 Å². The summed E-state index contributed by atoms with van der Waals surface area (Å²) in [6.07, 6.45) is 6.15. The first-order valence-electron chi connectivity index (χ1n) is 10.7. The molecule has 0 amide bonds. The van der Waals surface area contributed by atoms with Crippen LogP contribution in [0.4, 0.5) is 0 Å². The van der Waals surface area contributed by atoms with Gasteiger partial charge in [0.25, 0.3) is 0 Å². The van der Waals surface area contributed by atoms with Gasteiger partial charge in [0.15, 0.2) is 8.32 Å². The SMILES string of the molecule is CC(C)(C)[Si](C)(C)O[C@H]1CC[C@H]2CCC3=C(S(=O)(=O)c4ccccc4)CC[C@@]321. The Labute approximate surface area is 171 Å². The van der Waals surface area contributed by atoms with E-state index in [1.807, 2.05) is 18.2 Å². The van der Waals surface area contributed by atoms with Gasteiger partial charge in [-0.25, -0.2) is 8.42 Å². The molecule has 2 fully saturated rings. The standard InChI is InChI=1S/C23H34O3SSi/c1-22(2,3)28(4,5)26-21-14-12-17-11-13-19-20(15-16-23(17,19)21)27(24,25)18-9-7-6-8-10-18/h6-10,17,21H,11-16H2,1-5H3/t17-,21+,23+/m1/s1. The predicted octanol–water partition coefficient (Wildman–Crippen LogP) is 6.09. The lowest BCUT2D eigenvalue weighted by atomic mass is 9.76. The summed E-state index contributed by atoms with van der Waals surface area (Å²) in [5.41, 5.74) is 1.20. The van der Waals surface area contributed by atoms with E-state index in [9.17, 15) is 8.42 Å². The van der Waals surface area contributed by atoms with E-state index < -0.39 is 18.2 Å². The van der Waals surface area contributed by atoms with E-state index in [1.54, 1.807) is 12.1 Å². The van der Waals surface area contributed by atoms with E-state index in [4.69, 9.17) is 4.43 Å². The highest BCUT2D eigenvalue weighted by atomic mass is 32.2. The Bertz CT molecular complexity index is 896. The molecule has 0 radical (unpaired) electrons. The Balaban J connectivity index is 1.75. The lowest BCUT2D eigenvalue weighted by Gasteiger charge is -2.43. The summed E-state index contributed by atoms with van der Waals surface area (Å²) >= 11 is 0. The second kappa shape index (κ2) is 6.54. The topological polar surface area (TPSA) is 43.4 Å². The first-order valence-corrected chi connectivity index (χ1v) is 15.1. The molecule has 3 atom stereocenters. The second-order valence-corrected chi connectivity index (χ2v) is 17.2. The summed E-state index contributed by atoms with van der Waals surface area (Å²) in [6, 6.07) is 8.98. The minimum atomic E-state index is -3.40. The zero-order chi connectivity index (χ0) is 20.4. The van der Waals surface area contributed by atoms with Crippen molar-refractivity contribution in [1.82, 2.24) is 0 Å². The van der Waals surface area contributed by atoms with E-state index in [0.717, 1.165) is 25.7 Å². The number of hydrogen-bond acceptors (Lipinski definition) is 3. The summed E-state index contributed by atoms with van der Waals surface area (Å²) in [5, 5.41) is 0.168. The Morgan fingerprint density at radius 2 is 1.71 bits per heavy atom. The van der Waals surface area contributed by atoms with Gasteiger partial charge in [-0.15, -0.1) is 0 Å². The molecule has 3 aliphatic carbocycles. The number of rotatable bonds is 4. The van der Waals surface area contributed by atoms with Crippen LogP contribution in [0.2, 0.25) is 18.1 Å². The van der Waals surface area contributed by atoms with Gasteiger partial charge in [-0.05, 0) is 80.3 Å². The summed E-state index contributed by atoms with van der Waals surface area (Å²) in [5.74, 6) is 0.598. The van der Waals surface area contributed by atoms with Crippen LogP contribution in [0, 0.1) is 11.3 Å². The van der Waals surface area contributed by atoms with Gasteiger partial charge >= 0.3 is 0 Å². The maximum atomic E-state index is 13.4. The molecular formula is C23H34O3SSi. The van der Waals surface area contributed by atoms with Crippen molar-refractivity contribution in [3.8, 4) is 0 Å². The van der Waals surface area contributed by atoms with Crippen molar-refractivity contribution in [3.63, 3.8) is 0 Å². The molecule has 2 saturated carbocycles. The fourth-order valence-corrected chi connectivity index (χ4v) is 8.83. The van der Waals surface area contributed by atoms with E-state index in [1.165, 1.54) is 12.0 Å². The Morgan fingerprint density at radius 1 is 1.04 bits per heavy atom. The monoisotopic (exact) mass is 418 g/mol. The van der Waals surface area contributed by atoms with Crippen molar-refractivity contribution in [3.05, 3.63) is 40.8 Å². The molecule has 0 aliphatic heterocycles. The van der Waals surface area contributed by atoms with Crippen LogP contribution < -0.4 is 0 Å². The van der Waals surface area contributed by atoms with Crippen LogP contribution in [-0.2, 0) is 14.3 Å². The fraction of sp³-hybridized carbons (Fsp3) is 0.652. The molecule has 0 N–H and O–H groups in total. The largest absolute Gasteiger partial charge is 0.413 e. The van der Waals surface area contributed by atoms with Crippen LogP contribution in [0.5, 0.6) is 0 Å². The van der Waals surface area contributed by atoms with E-state index in [0.29, 0.717) is 22.1 Å². The average Bonchev–Trinajstić information content (AvgIpc) is 3.25. The van der Waals surface area contributed by atoms with Crippen molar-refractivity contribution >= 4 is 18.2 Å². The van der Waals surface area contributed by atoms with Crippen molar-refractivity contribution in [1.29, 1.82) is 0 Å². The smallest absolute Gasteiger partial charge is 0.202 e. The third-order valence-electron chi connectivity index (χ3n) is 8.11. The van der Waals surface area contributed by atoms with Gasteiger partial charge in [0, 0.05) is 10.3 Å². The Morgan fingerprint density at radius 3 is 2.36 bits per heavy atom. The van der Waals surface area contributed by atoms with E-state index >= 15 is 0 Å². The lowest BCUT2D eigenvalue weighted by Crippen LogP contribution is -2.47. The van der Waals surface area contributed by atoms with Gasteiger partial charge in [0.1, 0.15) is 0 Å². The fourth-order valence-electron chi connectivity index (χ4n) is 5.65. The molecule has 1 aromatic carbocycles. The van der Waals surface area contributed by atoms with Gasteiger partial charge in [-0.1, -0.05) is 39.0 Å². The van der Waals surface area contributed by atoms with Crippen molar-refractivity contribution in [2.75, 3.05) is 0 Å². The number of sulfone groups is 1. The molecule has 3 aliphatic rings. The summed E-state index contributed by atoms with van der Waals surface area (Å²) in [4.78, 5) is 1.16. The summed E-state index contributed by atoms with van der Waals surface area (Å²) in [6.45, 7) is 11.5. The molecule has 0 aromatic heterocycles. The Kier molecular flexibility index (Phi) is 4.76. The third-order valence-corrected chi connectivity index (χ3v) is 14.6. The van der Waals surface area contributed by atoms with Crippen molar-refractivity contribution in [2.45, 2.75) is 88.4 Å². The molecule has 0 bridgehead atoms. The van der Waals surface area contributed by atoms with Crippen LogP contribution in [0.1, 0.15) is 59.3 Å². The zero-order valence-electron chi connectivity index (χ0n) is 17.9. The molecule has 3 nitrogen and oxygen atoms in total. The van der Waals surface area contributed by atoms with E-state index in [2.05, 4.69) is 33.9 Å². The maximum Gasteiger partial charge on any atom is 0.202 e.